The second kappa shape index (κ2) is 15.4. The van der Waals surface area contributed by atoms with Gasteiger partial charge in [0.15, 0.2) is 0 Å². The molecule has 3 aliphatic carbocycles. The summed E-state index contributed by atoms with van der Waals surface area (Å²) in [5.41, 5.74) is 29.1. The Kier molecular flexibility index (Phi) is 9.49. The third-order valence-electron chi connectivity index (χ3n) is 20.2. The second-order valence-electron chi connectivity index (χ2n) is 28.1. The van der Waals surface area contributed by atoms with E-state index in [0.717, 1.165) is 12.8 Å². The smallest absolute Gasteiger partial charge is 0.333 e. The van der Waals surface area contributed by atoms with Gasteiger partial charge in [0.1, 0.15) is 0 Å². The van der Waals surface area contributed by atoms with Crippen LogP contribution in [0.2, 0.25) is 0 Å². The number of thiophene rings is 1. The number of benzene rings is 8. The lowest BCUT2D eigenvalue weighted by Crippen LogP contribution is -2.61. The molecule has 10 aromatic rings. The Labute approximate surface area is 461 Å². The van der Waals surface area contributed by atoms with Crippen LogP contribution in [0.4, 0.5) is 11.4 Å². The number of nitrogens with zero attached hydrogens (tertiary/aromatic N) is 2. The number of anilines is 2. The zero-order valence-corrected chi connectivity index (χ0v) is 48.4. The zero-order chi connectivity index (χ0) is 53.2. The lowest BCUT2D eigenvalue weighted by atomic mass is 9.43. The molecule has 0 atom stereocenters. The van der Waals surface area contributed by atoms with Gasteiger partial charge in [-0.2, -0.15) is 0 Å². The molecule has 0 N–H and O–H groups in total. The number of hydrogen-bond donors (Lipinski definition) is 0. The number of aromatic nitrogens is 1. The first kappa shape index (κ1) is 47.6. The minimum atomic E-state index is -0.265. The van der Waals surface area contributed by atoms with Crippen LogP contribution in [0.3, 0.4) is 0 Å². The maximum absolute atomic E-state index is 2.83. The standard InChI is InChI=1S/C73H71BN2S/c1-68(2,3)44-28-30-45(31-29-44)76-57-40-54-52(70(6,7)33-35-72(54,10)11)37-48(57)62-61-46-26-20-21-27-50(46)73(12,13)64(61)63-47-36-51-53(71(8,9)34-32-69(51,4)5)39-56(47)75-58-38-49-59(41-55(58)74(76)65(62)66(63)75)77-67(43-24-18-15-19-25-43)60(49)42-22-16-14-17-23-42/h14-31,36-41H,32-35H2,1-13H3. The van der Waals surface area contributed by atoms with Crippen LogP contribution in [0, 0.1) is 0 Å². The Bertz CT molecular complexity index is 4210. The lowest BCUT2D eigenvalue weighted by Gasteiger charge is -2.47. The van der Waals surface area contributed by atoms with Gasteiger partial charge >= 0.3 is 6.85 Å². The van der Waals surface area contributed by atoms with Gasteiger partial charge in [-0.05, 0) is 179 Å². The molecule has 2 nitrogen and oxygen atoms in total. The molecule has 0 bridgehead atoms. The second-order valence-corrected chi connectivity index (χ2v) is 29.2. The maximum atomic E-state index is 2.83. The summed E-state index contributed by atoms with van der Waals surface area (Å²) in [6, 6.07) is 57.8. The Balaban J connectivity index is 1.19. The molecule has 0 saturated heterocycles. The zero-order valence-electron chi connectivity index (χ0n) is 47.6. The summed E-state index contributed by atoms with van der Waals surface area (Å²) in [6.07, 6.45) is 4.66. The molecule has 15 rings (SSSR count). The lowest BCUT2D eigenvalue weighted by molar-refractivity contribution is 0.332. The molecule has 0 saturated carbocycles. The largest absolute Gasteiger partial charge is 0.376 e. The van der Waals surface area contributed by atoms with Crippen molar-refractivity contribution < 1.29 is 0 Å². The normalized spacial score (nSPS) is 18.5. The molecular formula is C73H71BN2S. The van der Waals surface area contributed by atoms with Crippen LogP contribution in [0.15, 0.2) is 146 Å². The fourth-order valence-corrected chi connectivity index (χ4v) is 16.9. The van der Waals surface area contributed by atoms with E-state index in [-0.39, 0.29) is 39.3 Å². The quantitative estimate of drug-likeness (QED) is 0.160. The van der Waals surface area contributed by atoms with Gasteiger partial charge in [-0.25, -0.2) is 0 Å². The Morgan fingerprint density at radius 2 is 1.06 bits per heavy atom. The van der Waals surface area contributed by atoms with E-state index in [0.29, 0.717) is 0 Å². The topological polar surface area (TPSA) is 8.17 Å². The summed E-state index contributed by atoms with van der Waals surface area (Å²) in [4.78, 5) is 4.15. The average Bonchev–Trinajstić information content (AvgIpc) is 3.77. The van der Waals surface area contributed by atoms with Gasteiger partial charge in [0, 0.05) is 59.3 Å². The highest BCUT2D eigenvalue weighted by atomic mass is 32.1. The Morgan fingerprint density at radius 1 is 0.494 bits per heavy atom. The van der Waals surface area contributed by atoms with Crippen LogP contribution in [-0.4, -0.2) is 11.4 Å². The third kappa shape index (κ3) is 6.37. The molecule has 0 spiro atoms. The molecule has 0 unspecified atom stereocenters. The molecule has 5 aliphatic rings. The number of hydrogen-bond acceptors (Lipinski definition) is 2. The van der Waals surface area contributed by atoms with Crippen molar-refractivity contribution in [1.82, 2.24) is 4.57 Å². The van der Waals surface area contributed by atoms with E-state index in [1.165, 1.54) is 155 Å². The predicted molar refractivity (Wildman–Crippen MR) is 333 cm³/mol. The first-order valence-electron chi connectivity index (χ1n) is 28.7. The molecule has 382 valence electrons. The van der Waals surface area contributed by atoms with Crippen molar-refractivity contribution in [1.29, 1.82) is 0 Å². The van der Waals surface area contributed by atoms with Gasteiger partial charge in [0.25, 0.3) is 0 Å². The van der Waals surface area contributed by atoms with Crippen molar-refractivity contribution in [2.45, 2.75) is 148 Å². The van der Waals surface area contributed by atoms with Crippen LogP contribution >= 0.6 is 11.3 Å². The van der Waals surface area contributed by atoms with E-state index < -0.39 is 0 Å². The summed E-state index contributed by atoms with van der Waals surface area (Å²) in [7, 11) is 0. The molecule has 77 heavy (non-hydrogen) atoms. The van der Waals surface area contributed by atoms with Gasteiger partial charge in [-0.1, -0.05) is 187 Å². The Morgan fingerprint density at radius 3 is 1.70 bits per heavy atom. The van der Waals surface area contributed by atoms with Crippen molar-refractivity contribution in [3.8, 4) is 49.5 Å². The van der Waals surface area contributed by atoms with Crippen LogP contribution in [0.5, 0.6) is 0 Å². The van der Waals surface area contributed by atoms with Crippen molar-refractivity contribution in [3.63, 3.8) is 0 Å². The molecule has 8 aromatic carbocycles. The predicted octanol–water partition coefficient (Wildman–Crippen LogP) is 18.9. The summed E-state index contributed by atoms with van der Waals surface area (Å²) in [5, 5.41) is 4.16. The van der Waals surface area contributed by atoms with E-state index in [9.17, 15) is 0 Å². The van der Waals surface area contributed by atoms with Crippen molar-refractivity contribution in [2.24, 2.45) is 0 Å². The number of rotatable bonds is 3. The average molecular weight is 1020 g/mol. The summed E-state index contributed by atoms with van der Waals surface area (Å²) in [5.74, 6) is 0. The highest BCUT2D eigenvalue weighted by Gasteiger charge is 2.52. The fraction of sp³-hybridized carbons (Fsp3) is 0.315. The van der Waals surface area contributed by atoms with E-state index in [2.05, 4.69) is 245 Å². The van der Waals surface area contributed by atoms with Gasteiger partial charge in [0.2, 0.25) is 0 Å². The van der Waals surface area contributed by atoms with E-state index in [4.69, 9.17) is 0 Å². The minimum Gasteiger partial charge on any atom is -0.376 e. The monoisotopic (exact) mass is 1020 g/mol. The first-order chi connectivity index (χ1) is 36.6. The van der Waals surface area contributed by atoms with Gasteiger partial charge < -0.3 is 9.38 Å². The molecule has 4 heteroatoms. The van der Waals surface area contributed by atoms with Crippen LogP contribution in [0.25, 0.3) is 81.4 Å². The molecule has 2 aromatic heterocycles. The fourth-order valence-electron chi connectivity index (χ4n) is 15.6. The van der Waals surface area contributed by atoms with E-state index in [1.54, 1.807) is 0 Å². The van der Waals surface area contributed by atoms with E-state index in [1.807, 2.05) is 11.3 Å². The van der Waals surface area contributed by atoms with E-state index >= 15 is 0 Å². The third-order valence-corrected chi connectivity index (χ3v) is 21.4. The molecule has 2 aliphatic heterocycles. The van der Waals surface area contributed by atoms with Gasteiger partial charge in [-0.15, -0.1) is 11.3 Å². The molecule has 4 heterocycles. The molecular weight excluding hydrogens is 948 g/mol. The molecule has 0 radical (unpaired) electrons. The minimum absolute atomic E-state index is 0.0186. The van der Waals surface area contributed by atoms with Crippen LogP contribution < -0.4 is 15.7 Å². The van der Waals surface area contributed by atoms with Crippen molar-refractivity contribution in [3.05, 3.63) is 185 Å². The van der Waals surface area contributed by atoms with Gasteiger partial charge in [-0.3, -0.25) is 0 Å². The summed E-state index contributed by atoms with van der Waals surface area (Å²) >= 11 is 1.97. The Hall–Kier alpha value is -6.62. The highest BCUT2D eigenvalue weighted by molar-refractivity contribution is 7.23. The summed E-state index contributed by atoms with van der Waals surface area (Å²) in [6.45, 7) is 32.0. The van der Waals surface area contributed by atoms with Crippen molar-refractivity contribution >= 4 is 72.4 Å². The van der Waals surface area contributed by atoms with Gasteiger partial charge in [0.05, 0.1) is 11.0 Å². The highest BCUT2D eigenvalue weighted by Crippen LogP contribution is 2.62. The van der Waals surface area contributed by atoms with Crippen LogP contribution in [0.1, 0.15) is 155 Å². The maximum Gasteiger partial charge on any atom is 0.333 e. The SMILES string of the molecule is CC(C)(C)c1ccc(N2B3c4cc5sc(-c6ccccc6)c(-c6ccccc6)c5cc4-n4c5cc6c(cc5c5c7c(c(c3c54)-c3cc4c(cc32)C(C)(C)CCC4(C)C)-c2ccccc2C7(C)C)C(C)(C)CCC6(C)C)cc1. The molecule has 0 amide bonds. The number of fused-ring (bicyclic) bond motifs is 16. The van der Waals surface area contributed by atoms with Crippen molar-refractivity contribution in [2.75, 3.05) is 4.81 Å². The summed E-state index contributed by atoms with van der Waals surface area (Å²) < 4.78 is 4.15. The molecule has 0 fully saturated rings. The van der Waals surface area contributed by atoms with Crippen LogP contribution in [-0.2, 0) is 32.5 Å². The first-order valence-corrected chi connectivity index (χ1v) is 29.5.